The molecule has 1 atom stereocenters. The van der Waals surface area contributed by atoms with E-state index in [1.54, 1.807) is 6.07 Å². The molecular weight excluding hydrogens is 349 g/mol. The average molecular weight is 368 g/mol. The number of primary amides is 1. The maximum absolute atomic E-state index is 14.9. The Hall–Kier alpha value is -2.74. The lowest BCUT2D eigenvalue weighted by atomic mass is 9.60. The molecule has 5 nitrogen and oxygen atoms in total. The third-order valence-electron chi connectivity index (χ3n) is 5.33. The number of hydrogen-bond acceptors (Lipinski definition) is 3. The number of benzene rings is 2. The van der Waals surface area contributed by atoms with E-state index in [0.29, 0.717) is 5.39 Å². The number of amides is 1. The Morgan fingerprint density at radius 2 is 2.11 bits per heavy atom. The van der Waals surface area contributed by atoms with Gasteiger partial charge in [-0.15, -0.1) is 0 Å². The van der Waals surface area contributed by atoms with E-state index in [1.165, 1.54) is 23.0 Å². The molecule has 1 aliphatic rings. The van der Waals surface area contributed by atoms with Gasteiger partial charge in [0.2, 0.25) is 0 Å². The molecule has 1 fully saturated rings. The van der Waals surface area contributed by atoms with Crippen LogP contribution < -0.4 is 11.1 Å². The molecular formula is C19H19BF2N4O. The molecule has 2 heterocycles. The average Bonchev–Trinajstić information content (AvgIpc) is 3.04. The Balaban J connectivity index is 1.78. The van der Waals surface area contributed by atoms with Crippen molar-refractivity contribution in [3.63, 3.8) is 0 Å². The molecule has 2 aromatic carbocycles. The maximum Gasteiger partial charge on any atom is 0.251 e. The third-order valence-corrected chi connectivity index (χ3v) is 5.33. The number of carbonyl (C=O) groups is 1. The molecule has 8 heteroatoms. The topological polar surface area (TPSA) is 72.9 Å². The fraction of sp³-hybridized carbons (Fsp3) is 0.263. The van der Waals surface area contributed by atoms with Crippen LogP contribution in [0.3, 0.4) is 0 Å². The fourth-order valence-corrected chi connectivity index (χ4v) is 3.78. The van der Waals surface area contributed by atoms with Gasteiger partial charge in [-0.25, -0.2) is 13.5 Å². The first-order valence-corrected chi connectivity index (χ1v) is 8.87. The van der Waals surface area contributed by atoms with Gasteiger partial charge >= 0.3 is 0 Å². The summed E-state index contributed by atoms with van der Waals surface area (Å²) in [5, 5.41) is 7.89. The second-order valence-electron chi connectivity index (χ2n) is 7.34. The van der Waals surface area contributed by atoms with Crippen molar-refractivity contribution in [3.05, 3.63) is 59.3 Å². The summed E-state index contributed by atoms with van der Waals surface area (Å²) in [6.45, 7) is 1.79. The first kappa shape index (κ1) is 17.7. The molecule has 138 valence electrons. The Morgan fingerprint density at radius 3 is 2.78 bits per heavy atom. The van der Waals surface area contributed by atoms with Crippen molar-refractivity contribution in [2.75, 3.05) is 13.1 Å². The summed E-state index contributed by atoms with van der Waals surface area (Å²) in [6.07, 6.45) is 3.53. The van der Waals surface area contributed by atoms with Crippen LogP contribution in [0.15, 0.2) is 36.5 Å². The molecule has 4 rings (SSSR count). The van der Waals surface area contributed by atoms with Crippen molar-refractivity contribution in [1.82, 2.24) is 15.1 Å². The molecule has 0 spiro atoms. The van der Waals surface area contributed by atoms with E-state index in [-0.39, 0.29) is 22.1 Å². The molecule has 3 N–H and O–H groups in total. The van der Waals surface area contributed by atoms with Gasteiger partial charge in [-0.3, -0.25) is 4.79 Å². The lowest BCUT2D eigenvalue weighted by Gasteiger charge is -2.35. The zero-order valence-corrected chi connectivity index (χ0v) is 14.9. The minimum absolute atomic E-state index is 0.0263. The van der Waals surface area contributed by atoms with Gasteiger partial charge in [0.25, 0.3) is 5.91 Å². The largest absolute Gasteiger partial charge is 0.366 e. The highest BCUT2D eigenvalue weighted by Gasteiger charge is 2.29. The van der Waals surface area contributed by atoms with E-state index in [1.807, 2.05) is 6.07 Å². The van der Waals surface area contributed by atoms with Gasteiger partial charge in [-0.05, 0) is 61.1 Å². The number of aromatic nitrogens is 2. The zero-order chi connectivity index (χ0) is 19.2. The smallest absolute Gasteiger partial charge is 0.251 e. The standard InChI is InChI=1S/C19H19BF2N4O/c20-19(4-1-5-24-10-19)12-2-3-16(15(22)7-12)26-9-11-6-13(21)8-14(18(23)27)17(11)25-26/h2-3,6-9,24H,1,4-5,10,20H2,(H2,23,27)/t19-/m0/s1. The molecule has 0 bridgehead atoms. The third kappa shape index (κ3) is 3.10. The number of carbonyl (C=O) groups excluding carboxylic acids is 1. The first-order chi connectivity index (χ1) is 12.9. The number of hydrogen-bond donors (Lipinski definition) is 2. The van der Waals surface area contributed by atoms with Gasteiger partial charge in [0.05, 0.1) is 5.56 Å². The summed E-state index contributed by atoms with van der Waals surface area (Å²) in [5.41, 5.74) is 6.69. The van der Waals surface area contributed by atoms with Crippen LogP contribution in [0.1, 0.15) is 28.8 Å². The Kier molecular flexibility index (Phi) is 4.22. The van der Waals surface area contributed by atoms with E-state index in [0.717, 1.165) is 37.6 Å². The highest BCUT2D eigenvalue weighted by molar-refractivity contribution is 6.16. The molecule has 0 aliphatic carbocycles. The van der Waals surface area contributed by atoms with Crippen LogP contribution in [-0.4, -0.2) is 36.6 Å². The molecule has 1 aliphatic heterocycles. The van der Waals surface area contributed by atoms with Gasteiger partial charge < -0.3 is 11.1 Å². The fourth-order valence-electron chi connectivity index (χ4n) is 3.78. The number of fused-ring (bicyclic) bond motifs is 1. The lowest BCUT2D eigenvalue weighted by molar-refractivity contribution is 0.100. The van der Waals surface area contributed by atoms with Crippen LogP contribution in [0.4, 0.5) is 8.78 Å². The molecule has 0 radical (unpaired) electrons. The van der Waals surface area contributed by atoms with Crippen LogP contribution in [-0.2, 0) is 5.31 Å². The van der Waals surface area contributed by atoms with Crippen molar-refractivity contribution in [3.8, 4) is 5.69 Å². The quantitative estimate of drug-likeness (QED) is 0.690. The molecule has 0 saturated carbocycles. The minimum Gasteiger partial charge on any atom is -0.366 e. The summed E-state index contributed by atoms with van der Waals surface area (Å²) in [4.78, 5) is 11.6. The van der Waals surface area contributed by atoms with Crippen LogP contribution in [0.2, 0.25) is 0 Å². The number of rotatable bonds is 3. The number of piperidine rings is 1. The number of nitrogens with one attached hydrogen (secondary N) is 1. The first-order valence-electron chi connectivity index (χ1n) is 8.87. The maximum atomic E-state index is 14.9. The number of halogens is 2. The predicted octanol–water partition coefficient (Wildman–Crippen LogP) is 1.61. The summed E-state index contributed by atoms with van der Waals surface area (Å²) >= 11 is 0. The second kappa shape index (κ2) is 6.46. The summed E-state index contributed by atoms with van der Waals surface area (Å²) in [5.74, 6) is -1.80. The van der Waals surface area contributed by atoms with Crippen molar-refractivity contribution < 1.29 is 13.6 Å². The SMILES string of the molecule is B[C@@]1(c2ccc(-n3cc4cc(F)cc(C(N)=O)c4n3)c(F)c2)CCCNC1. The van der Waals surface area contributed by atoms with Crippen LogP contribution >= 0.6 is 0 Å². The van der Waals surface area contributed by atoms with E-state index in [2.05, 4.69) is 18.3 Å². The zero-order valence-electron chi connectivity index (χ0n) is 14.9. The van der Waals surface area contributed by atoms with Crippen molar-refractivity contribution in [1.29, 1.82) is 0 Å². The van der Waals surface area contributed by atoms with E-state index in [9.17, 15) is 13.6 Å². The van der Waals surface area contributed by atoms with Crippen molar-refractivity contribution >= 4 is 24.7 Å². The normalized spacial score (nSPS) is 20.1. The molecule has 1 aromatic heterocycles. The van der Waals surface area contributed by atoms with E-state index >= 15 is 0 Å². The van der Waals surface area contributed by atoms with Crippen molar-refractivity contribution in [2.24, 2.45) is 5.73 Å². The Labute approximate surface area is 155 Å². The monoisotopic (exact) mass is 368 g/mol. The Bertz CT molecular complexity index is 1040. The summed E-state index contributed by atoms with van der Waals surface area (Å²) in [7, 11) is 2.12. The minimum atomic E-state index is -0.779. The van der Waals surface area contributed by atoms with Gasteiger partial charge in [-0.1, -0.05) is 6.07 Å². The van der Waals surface area contributed by atoms with Gasteiger partial charge in [0, 0.05) is 11.6 Å². The lowest BCUT2D eigenvalue weighted by Crippen LogP contribution is -2.43. The van der Waals surface area contributed by atoms with E-state index in [4.69, 9.17) is 5.73 Å². The molecule has 1 amide bonds. The van der Waals surface area contributed by atoms with Gasteiger partial charge in [-0.2, -0.15) is 5.10 Å². The van der Waals surface area contributed by atoms with Gasteiger partial charge in [0.1, 0.15) is 30.7 Å². The number of nitrogens with two attached hydrogens (primary N) is 1. The second-order valence-corrected chi connectivity index (χ2v) is 7.34. The van der Waals surface area contributed by atoms with Crippen LogP contribution in [0.5, 0.6) is 0 Å². The van der Waals surface area contributed by atoms with Gasteiger partial charge in [0.15, 0.2) is 0 Å². The predicted molar refractivity (Wildman–Crippen MR) is 102 cm³/mol. The summed E-state index contributed by atoms with van der Waals surface area (Å²) < 4.78 is 29.9. The molecule has 0 unspecified atom stereocenters. The van der Waals surface area contributed by atoms with Crippen LogP contribution in [0.25, 0.3) is 16.6 Å². The van der Waals surface area contributed by atoms with E-state index < -0.39 is 17.5 Å². The molecule has 3 aromatic rings. The van der Waals surface area contributed by atoms with Crippen molar-refractivity contribution in [2.45, 2.75) is 18.2 Å². The molecule has 1 saturated heterocycles. The Morgan fingerprint density at radius 1 is 1.30 bits per heavy atom. The molecule has 27 heavy (non-hydrogen) atoms. The summed E-state index contributed by atoms with van der Waals surface area (Å²) in [6, 6.07) is 7.37. The highest BCUT2D eigenvalue weighted by atomic mass is 19.1. The highest BCUT2D eigenvalue weighted by Crippen LogP contribution is 2.30. The number of nitrogens with zero attached hydrogens (tertiary/aromatic N) is 2. The van der Waals surface area contributed by atoms with Crippen LogP contribution in [0, 0.1) is 11.6 Å².